The third-order valence-corrected chi connectivity index (χ3v) is 3.60. The average molecular weight is 252 g/mol. The highest BCUT2D eigenvalue weighted by atomic mass is 19.1. The van der Waals surface area contributed by atoms with Gasteiger partial charge in [-0.2, -0.15) is 0 Å². The molecule has 1 aromatic carbocycles. The minimum Gasteiger partial charge on any atom is -0.507 e. The Balaban J connectivity index is 2.11. The first kappa shape index (κ1) is 12.8. The Labute approximate surface area is 105 Å². The summed E-state index contributed by atoms with van der Waals surface area (Å²) in [6, 6.07) is 3.38. The first-order valence-electron chi connectivity index (χ1n) is 5.90. The van der Waals surface area contributed by atoms with Crippen molar-refractivity contribution in [1.29, 1.82) is 0 Å². The predicted molar refractivity (Wildman–Crippen MR) is 65.7 cm³/mol. The maximum atomic E-state index is 12.8. The second kappa shape index (κ2) is 4.24. The number of likely N-dealkylation sites (tertiary alicyclic amines) is 1. The molecule has 1 heterocycles. The molecular formula is C13H17FN2O2. The molecule has 0 bridgehead atoms. The number of halogens is 1. The summed E-state index contributed by atoms with van der Waals surface area (Å²) in [7, 11) is 0. The van der Waals surface area contributed by atoms with Crippen LogP contribution >= 0.6 is 0 Å². The molecule has 0 spiro atoms. The smallest absolute Gasteiger partial charge is 0.257 e. The number of phenols is 1. The second-order valence-electron chi connectivity index (χ2n) is 5.21. The van der Waals surface area contributed by atoms with Gasteiger partial charge in [-0.1, -0.05) is 13.8 Å². The van der Waals surface area contributed by atoms with Crippen LogP contribution in [0.2, 0.25) is 0 Å². The molecule has 18 heavy (non-hydrogen) atoms. The van der Waals surface area contributed by atoms with Crippen LogP contribution in [0.15, 0.2) is 18.2 Å². The summed E-state index contributed by atoms with van der Waals surface area (Å²) in [5, 5.41) is 9.55. The van der Waals surface area contributed by atoms with E-state index in [1.54, 1.807) is 4.90 Å². The Bertz CT molecular complexity index is 482. The molecule has 0 atom stereocenters. The second-order valence-corrected chi connectivity index (χ2v) is 5.21. The molecule has 3 N–H and O–H groups in total. The summed E-state index contributed by atoms with van der Waals surface area (Å²) in [5.74, 6) is -0.931. The van der Waals surface area contributed by atoms with E-state index < -0.39 is 5.82 Å². The molecule has 1 saturated heterocycles. The average Bonchev–Trinajstić information content (AvgIpc) is 2.23. The lowest BCUT2D eigenvalue weighted by Crippen LogP contribution is -2.71. The van der Waals surface area contributed by atoms with Crippen molar-refractivity contribution in [2.45, 2.75) is 19.4 Å². The summed E-state index contributed by atoms with van der Waals surface area (Å²) >= 11 is 0. The van der Waals surface area contributed by atoms with Crippen LogP contribution in [0.4, 0.5) is 4.39 Å². The number of hydrogen-bond acceptors (Lipinski definition) is 3. The Kier molecular flexibility index (Phi) is 3.02. The molecular weight excluding hydrogens is 235 g/mol. The summed E-state index contributed by atoms with van der Waals surface area (Å²) in [5.41, 5.74) is 5.85. The number of nitrogens with zero attached hydrogens (tertiary/aromatic N) is 1. The third-order valence-electron chi connectivity index (χ3n) is 3.60. The molecule has 1 amide bonds. The van der Waals surface area contributed by atoms with Gasteiger partial charge in [0.25, 0.3) is 5.91 Å². The number of hydrogen-bond donors (Lipinski definition) is 2. The highest BCUT2D eigenvalue weighted by Gasteiger charge is 2.44. The van der Waals surface area contributed by atoms with Crippen LogP contribution in [0.3, 0.4) is 0 Å². The highest BCUT2D eigenvalue weighted by molar-refractivity contribution is 5.97. The van der Waals surface area contributed by atoms with Crippen LogP contribution in [0, 0.1) is 11.7 Å². The van der Waals surface area contributed by atoms with Gasteiger partial charge in [0.2, 0.25) is 0 Å². The first-order valence-corrected chi connectivity index (χ1v) is 5.90. The molecule has 98 valence electrons. The minimum absolute atomic E-state index is 0.113. The maximum Gasteiger partial charge on any atom is 0.257 e. The van der Waals surface area contributed by atoms with E-state index in [2.05, 4.69) is 0 Å². The van der Waals surface area contributed by atoms with Crippen molar-refractivity contribution < 1.29 is 14.3 Å². The van der Waals surface area contributed by atoms with Crippen LogP contribution in [-0.4, -0.2) is 34.5 Å². The van der Waals surface area contributed by atoms with Crippen LogP contribution in [0.5, 0.6) is 5.75 Å². The zero-order valence-corrected chi connectivity index (χ0v) is 10.5. The molecule has 1 aromatic rings. The van der Waals surface area contributed by atoms with Gasteiger partial charge in [0, 0.05) is 19.2 Å². The predicted octanol–water partition coefficient (Wildman–Crippen LogP) is 1.34. The lowest BCUT2D eigenvalue weighted by atomic mass is 9.80. The van der Waals surface area contributed by atoms with Crippen molar-refractivity contribution in [3.8, 4) is 5.75 Å². The molecule has 1 aliphatic rings. The Morgan fingerprint density at radius 3 is 2.61 bits per heavy atom. The minimum atomic E-state index is -0.567. The standard InChI is InChI=1S/C13H17FN2O2/c1-8(2)13(15)6-16(7-13)12(18)10-4-3-9(14)5-11(10)17/h3-5,8,17H,6-7,15H2,1-2H3. The number of rotatable bonds is 2. The van der Waals surface area contributed by atoms with Crippen molar-refractivity contribution in [3.05, 3.63) is 29.6 Å². The largest absolute Gasteiger partial charge is 0.507 e. The highest BCUT2D eigenvalue weighted by Crippen LogP contribution is 2.29. The fraction of sp³-hybridized carbons (Fsp3) is 0.462. The van der Waals surface area contributed by atoms with E-state index in [1.807, 2.05) is 13.8 Å². The molecule has 0 saturated carbocycles. The van der Waals surface area contributed by atoms with Gasteiger partial charge >= 0.3 is 0 Å². The summed E-state index contributed by atoms with van der Waals surface area (Å²) in [6.07, 6.45) is 0. The Hall–Kier alpha value is -1.62. The quantitative estimate of drug-likeness (QED) is 0.834. The number of phenolic OH excluding ortho intramolecular Hbond substituents is 1. The molecule has 2 rings (SSSR count). The van der Waals surface area contributed by atoms with Gasteiger partial charge in [0.1, 0.15) is 11.6 Å². The number of carbonyl (C=O) groups excluding carboxylic acids is 1. The first-order chi connectivity index (χ1) is 8.33. The van der Waals surface area contributed by atoms with Gasteiger partial charge in [0.05, 0.1) is 11.1 Å². The van der Waals surface area contributed by atoms with Crippen molar-refractivity contribution >= 4 is 5.91 Å². The molecule has 1 fully saturated rings. The Morgan fingerprint density at radius 1 is 1.50 bits per heavy atom. The van der Waals surface area contributed by atoms with E-state index in [0.29, 0.717) is 13.1 Å². The van der Waals surface area contributed by atoms with Crippen LogP contribution in [0.1, 0.15) is 24.2 Å². The van der Waals surface area contributed by atoms with Gasteiger partial charge in [-0.15, -0.1) is 0 Å². The Morgan fingerprint density at radius 2 is 2.11 bits per heavy atom. The molecule has 0 radical (unpaired) electrons. The lowest BCUT2D eigenvalue weighted by Gasteiger charge is -2.50. The zero-order valence-electron chi connectivity index (χ0n) is 10.5. The van der Waals surface area contributed by atoms with Crippen LogP contribution in [-0.2, 0) is 0 Å². The summed E-state index contributed by atoms with van der Waals surface area (Å²) in [4.78, 5) is 13.6. The van der Waals surface area contributed by atoms with E-state index in [0.717, 1.165) is 12.1 Å². The number of benzene rings is 1. The van der Waals surface area contributed by atoms with Crippen LogP contribution in [0.25, 0.3) is 0 Å². The van der Waals surface area contributed by atoms with E-state index >= 15 is 0 Å². The fourth-order valence-electron chi connectivity index (χ4n) is 2.03. The summed E-state index contributed by atoms with van der Waals surface area (Å²) < 4.78 is 12.8. The number of aromatic hydroxyl groups is 1. The van der Waals surface area contributed by atoms with Crippen molar-refractivity contribution in [3.63, 3.8) is 0 Å². The van der Waals surface area contributed by atoms with Gasteiger partial charge in [-0.25, -0.2) is 4.39 Å². The molecule has 5 heteroatoms. The van der Waals surface area contributed by atoms with Crippen molar-refractivity contribution in [2.75, 3.05) is 13.1 Å². The summed E-state index contributed by atoms with van der Waals surface area (Å²) in [6.45, 7) is 4.94. The zero-order chi connectivity index (χ0) is 13.5. The monoisotopic (exact) mass is 252 g/mol. The molecule has 4 nitrogen and oxygen atoms in total. The maximum absolute atomic E-state index is 12.8. The van der Waals surface area contributed by atoms with Gasteiger partial charge < -0.3 is 15.7 Å². The molecule has 1 aliphatic heterocycles. The lowest BCUT2D eigenvalue weighted by molar-refractivity contribution is 0.0272. The molecule has 0 aromatic heterocycles. The molecule has 0 aliphatic carbocycles. The van der Waals surface area contributed by atoms with Gasteiger partial charge in [0.15, 0.2) is 0 Å². The van der Waals surface area contributed by atoms with Crippen LogP contribution < -0.4 is 5.73 Å². The van der Waals surface area contributed by atoms with Gasteiger partial charge in [-0.05, 0) is 18.1 Å². The van der Waals surface area contributed by atoms with Crippen molar-refractivity contribution in [1.82, 2.24) is 4.90 Å². The van der Waals surface area contributed by atoms with E-state index in [1.165, 1.54) is 6.07 Å². The van der Waals surface area contributed by atoms with E-state index in [-0.39, 0.29) is 28.7 Å². The van der Waals surface area contributed by atoms with Gasteiger partial charge in [-0.3, -0.25) is 4.79 Å². The van der Waals surface area contributed by atoms with E-state index in [9.17, 15) is 14.3 Å². The number of amides is 1. The fourth-order valence-corrected chi connectivity index (χ4v) is 2.03. The van der Waals surface area contributed by atoms with E-state index in [4.69, 9.17) is 5.73 Å². The molecule has 0 unspecified atom stereocenters. The number of carbonyl (C=O) groups is 1. The SMILES string of the molecule is CC(C)C1(N)CN(C(=O)c2ccc(F)cc2O)C1. The topological polar surface area (TPSA) is 66.6 Å². The third kappa shape index (κ3) is 2.06. The number of nitrogens with two attached hydrogens (primary N) is 1. The normalized spacial score (nSPS) is 17.7. The van der Waals surface area contributed by atoms with Crippen molar-refractivity contribution in [2.24, 2.45) is 11.7 Å².